The lowest BCUT2D eigenvalue weighted by atomic mass is 10.1. The number of halogens is 3. The highest BCUT2D eigenvalue weighted by atomic mass is 19.4. The number of hydrogen-bond acceptors (Lipinski definition) is 6. The average molecular weight is 448 g/mol. The van der Waals surface area contributed by atoms with E-state index in [1.807, 2.05) is 0 Å². The van der Waals surface area contributed by atoms with Crippen molar-refractivity contribution in [2.75, 3.05) is 23.4 Å². The summed E-state index contributed by atoms with van der Waals surface area (Å²) < 4.78 is 45.8. The maximum absolute atomic E-state index is 13.1. The number of aromatic nitrogens is 4. The Bertz CT molecular complexity index is 1150. The van der Waals surface area contributed by atoms with Gasteiger partial charge in [0.1, 0.15) is 12.4 Å². The van der Waals surface area contributed by atoms with Gasteiger partial charge in [-0.25, -0.2) is 19.4 Å². The Morgan fingerprint density at radius 2 is 1.84 bits per heavy atom. The smallest absolute Gasteiger partial charge is 0.409 e. The molecule has 0 radical (unpaired) electrons. The van der Waals surface area contributed by atoms with Crippen molar-refractivity contribution in [3.05, 3.63) is 30.5 Å². The molecule has 9 nitrogen and oxygen atoms in total. The third-order valence-electron chi connectivity index (χ3n) is 5.68. The monoisotopic (exact) mass is 448 g/mol. The molecule has 0 spiro atoms. The summed E-state index contributed by atoms with van der Waals surface area (Å²) in [5.74, 6) is 0.783. The second-order valence-electron chi connectivity index (χ2n) is 7.86. The first-order valence-corrected chi connectivity index (χ1v) is 10.1. The number of benzene rings is 1. The van der Waals surface area contributed by atoms with E-state index in [1.54, 1.807) is 24.3 Å². The summed E-state index contributed by atoms with van der Waals surface area (Å²) in [6.45, 7) is -0.197. The summed E-state index contributed by atoms with van der Waals surface area (Å²) in [5, 5.41) is 15.5. The second kappa shape index (κ2) is 7.62. The summed E-state index contributed by atoms with van der Waals surface area (Å²) in [5.41, 5.74) is 1.00. The van der Waals surface area contributed by atoms with Crippen LogP contribution < -0.4 is 10.2 Å². The van der Waals surface area contributed by atoms with E-state index in [4.69, 9.17) is 14.8 Å². The molecular weight excluding hydrogens is 429 g/mol. The third kappa shape index (κ3) is 3.81. The molecule has 1 aromatic carbocycles. The quantitative estimate of drug-likeness (QED) is 0.629. The van der Waals surface area contributed by atoms with Crippen LogP contribution in [0.5, 0.6) is 0 Å². The Morgan fingerprint density at radius 3 is 2.47 bits per heavy atom. The number of fused-ring (bicyclic) bond motifs is 3. The molecule has 2 fully saturated rings. The largest absolute Gasteiger partial charge is 0.465 e. The van der Waals surface area contributed by atoms with E-state index in [9.17, 15) is 18.0 Å². The van der Waals surface area contributed by atoms with Gasteiger partial charge < -0.3 is 14.7 Å². The average Bonchev–Trinajstić information content (AvgIpc) is 3.23. The molecule has 12 heteroatoms. The van der Waals surface area contributed by atoms with Gasteiger partial charge in [-0.3, -0.25) is 5.32 Å². The molecule has 168 valence electrons. The van der Waals surface area contributed by atoms with E-state index in [1.165, 1.54) is 6.20 Å². The highest BCUT2D eigenvalue weighted by molar-refractivity contribution is 5.89. The molecule has 2 aliphatic rings. The first-order chi connectivity index (χ1) is 15.3. The lowest BCUT2D eigenvalue weighted by molar-refractivity contribution is -0.141. The van der Waals surface area contributed by atoms with Crippen molar-refractivity contribution in [2.45, 2.75) is 37.6 Å². The molecule has 0 aliphatic carbocycles. The number of nitrogens with one attached hydrogen (secondary N) is 1. The number of carboxylic acid groups (broad SMARTS) is 1. The molecule has 2 bridgehead atoms. The molecule has 2 N–H and O–H groups in total. The van der Waals surface area contributed by atoms with Crippen LogP contribution in [0.4, 0.5) is 29.5 Å². The standard InChI is InChI=1S/C20H19F3N6O3/c21-20(22,23)10-28-17-15(7-24-28)18(29-13-5-6-14(29)9-32-8-13)27-16(26-17)11-1-3-12(4-2-11)25-19(30)31/h1-4,7,13-14,25H,5-6,8-10H2,(H,30,31). The Labute approximate surface area is 179 Å². The first-order valence-electron chi connectivity index (χ1n) is 10.1. The Balaban J connectivity index is 1.63. The highest BCUT2D eigenvalue weighted by Gasteiger charge is 2.40. The van der Waals surface area contributed by atoms with Crippen molar-refractivity contribution in [1.82, 2.24) is 19.7 Å². The first kappa shape index (κ1) is 20.5. The van der Waals surface area contributed by atoms with Gasteiger partial charge >= 0.3 is 12.3 Å². The summed E-state index contributed by atoms with van der Waals surface area (Å²) in [4.78, 5) is 22.1. The maximum atomic E-state index is 13.1. The SMILES string of the molecule is O=C(O)Nc1ccc(-c2nc(N3C4CCC3COC4)c3cnn(CC(F)(F)F)c3n2)cc1. The van der Waals surface area contributed by atoms with Crippen molar-refractivity contribution < 1.29 is 27.8 Å². The van der Waals surface area contributed by atoms with E-state index in [-0.39, 0.29) is 23.6 Å². The van der Waals surface area contributed by atoms with Crippen molar-refractivity contribution in [1.29, 1.82) is 0 Å². The zero-order chi connectivity index (χ0) is 22.5. The van der Waals surface area contributed by atoms with Crippen LogP contribution in [0.3, 0.4) is 0 Å². The van der Waals surface area contributed by atoms with Gasteiger partial charge in [-0.05, 0) is 37.1 Å². The number of anilines is 2. The van der Waals surface area contributed by atoms with Gasteiger partial charge in [0.15, 0.2) is 11.5 Å². The molecular formula is C20H19F3N6O3. The fourth-order valence-corrected chi connectivity index (χ4v) is 4.35. The van der Waals surface area contributed by atoms with E-state index in [0.717, 1.165) is 17.5 Å². The maximum Gasteiger partial charge on any atom is 0.409 e. The molecule has 3 aromatic rings. The van der Waals surface area contributed by atoms with Gasteiger partial charge in [0.05, 0.1) is 36.9 Å². The molecule has 32 heavy (non-hydrogen) atoms. The highest BCUT2D eigenvalue weighted by Crippen LogP contribution is 2.38. The summed E-state index contributed by atoms with van der Waals surface area (Å²) in [6.07, 6.45) is -2.44. The van der Waals surface area contributed by atoms with Crippen molar-refractivity contribution in [2.24, 2.45) is 0 Å². The van der Waals surface area contributed by atoms with Gasteiger partial charge in [0, 0.05) is 11.3 Å². The van der Waals surface area contributed by atoms with Crippen LogP contribution in [0, 0.1) is 0 Å². The minimum absolute atomic E-state index is 0.0906. The lowest BCUT2D eigenvalue weighted by Crippen LogP contribution is -2.46. The minimum atomic E-state index is -4.45. The molecule has 4 heterocycles. The molecule has 2 saturated heterocycles. The van der Waals surface area contributed by atoms with E-state index >= 15 is 0 Å². The zero-order valence-corrected chi connectivity index (χ0v) is 16.7. The molecule has 2 atom stereocenters. The third-order valence-corrected chi connectivity index (χ3v) is 5.68. The van der Waals surface area contributed by atoms with Crippen molar-refractivity contribution in [3.63, 3.8) is 0 Å². The second-order valence-corrected chi connectivity index (χ2v) is 7.86. The van der Waals surface area contributed by atoms with Crippen LogP contribution in [-0.4, -0.2) is 62.4 Å². The Hall–Kier alpha value is -3.41. The van der Waals surface area contributed by atoms with Crippen molar-refractivity contribution in [3.8, 4) is 11.4 Å². The Morgan fingerprint density at radius 1 is 1.16 bits per heavy atom. The van der Waals surface area contributed by atoms with E-state index < -0.39 is 18.8 Å². The topological polar surface area (TPSA) is 105 Å². The zero-order valence-electron chi connectivity index (χ0n) is 16.7. The van der Waals surface area contributed by atoms with E-state index in [0.29, 0.717) is 35.7 Å². The molecule has 0 saturated carbocycles. The fourth-order valence-electron chi connectivity index (χ4n) is 4.35. The predicted octanol–water partition coefficient (Wildman–Crippen LogP) is 3.51. The van der Waals surface area contributed by atoms with Crippen LogP contribution in [-0.2, 0) is 11.3 Å². The Kier molecular flexibility index (Phi) is 4.88. The number of morpholine rings is 1. The summed E-state index contributed by atoms with van der Waals surface area (Å²) in [6, 6.07) is 6.51. The molecule has 5 rings (SSSR count). The van der Waals surface area contributed by atoms with E-state index in [2.05, 4.69) is 20.3 Å². The van der Waals surface area contributed by atoms with Crippen LogP contribution in [0.25, 0.3) is 22.4 Å². The molecule has 1 amide bonds. The van der Waals surface area contributed by atoms with Crippen LogP contribution in [0.2, 0.25) is 0 Å². The number of alkyl halides is 3. The molecule has 2 aliphatic heterocycles. The van der Waals surface area contributed by atoms with Gasteiger partial charge in [-0.15, -0.1) is 0 Å². The number of hydrogen-bond donors (Lipinski definition) is 2. The number of ether oxygens (including phenoxy) is 1. The van der Waals surface area contributed by atoms with Gasteiger partial charge in [0.2, 0.25) is 0 Å². The summed E-state index contributed by atoms with van der Waals surface area (Å²) in [7, 11) is 0. The summed E-state index contributed by atoms with van der Waals surface area (Å²) >= 11 is 0. The van der Waals surface area contributed by atoms with Crippen LogP contribution >= 0.6 is 0 Å². The van der Waals surface area contributed by atoms with Gasteiger partial charge in [-0.1, -0.05) is 0 Å². The number of amides is 1. The number of rotatable bonds is 4. The van der Waals surface area contributed by atoms with Gasteiger partial charge in [-0.2, -0.15) is 18.3 Å². The molecule has 2 unspecified atom stereocenters. The number of nitrogens with zero attached hydrogens (tertiary/aromatic N) is 5. The van der Waals surface area contributed by atoms with Crippen molar-refractivity contribution >= 4 is 28.6 Å². The van der Waals surface area contributed by atoms with Crippen LogP contribution in [0.1, 0.15) is 12.8 Å². The lowest BCUT2D eigenvalue weighted by Gasteiger charge is -2.36. The van der Waals surface area contributed by atoms with Crippen LogP contribution in [0.15, 0.2) is 30.5 Å². The minimum Gasteiger partial charge on any atom is -0.465 e. The predicted molar refractivity (Wildman–Crippen MR) is 109 cm³/mol. The van der Waals surface area contributed by atoms with Gasteiger partial charge in [0.25, 0.3) is 0 Å². The number of carbonyl (C=O) groups is 1. The normalized spacial score (nSPS) is 20.7. The molecule has 2 aromatic heterocycles. The fraction of sp³-hybridized carbons (Fsp3) is 0.400.